The van der Waals surface area contributed by atoms with E-state index < -0.39 is 0 Å². The number of aromatic nitrogens is 1. The third-order valence-corrected chi connectivity index (χ3v) is 3.91. The second-order valence-corrected chi connectivity index (χ2v) is 5.36. The molecule has 110 valence electrons. The quantitative estimate of drug-likeness (QED) is 0.666. The smallest absolute Gasteiger partial charge is 0.140 e. The van der Waals surface area contributed by atoms with E-state index >= 15 is 0 Å². The van der Waals surface area contributed by atoms with Gasteiger partial charge in [0.05, 0.1) is 11.9 Å². The van der Waals surface area contributed by atoms with Gasteiger partial charge in [-0.2, -0.15) is 0 Å². The summed E-state index contributed by atoms with van der Waals surface area (Å²) in [6.07, 6.45) is 1.87. The second kappa shape index (κ2) is 6.01. The molecule has 2 heterocycles. The first-order valence-electron chi connectivity index (χ1n) is 7.25. The molecular weight excluding hydrogens is 262 g/mol. The van der Waals surface area contributed by atoms with Crippen molar-refractivity contribution in [3.05, 3.63) is 48.2 Å². The zero-order chi connectivity index (χ0) is 14.7. The third-order valence-electron chi connectivity index (χ3n) is 3.91. The van der Waals surface area contributed by atoms with Crippen LogP contribution in [0.15, 0.2) is 42.6 Å². The summed E-state index contributed by atoms with van der Waals surface area (Å²) in [6, 6.07) is 12.7. The Bertz CT molecular complexity index is 588. The van der Waals surface area contributed by atoms with Crippen molar-refractivity contribution < 1.29 is 0 Å². The Kier molecular flexibility index (Phi) is 3.92. The highest BCUT2D eigenvalue weighted by atomic mass is 15.3. The average molecular weight is 283 g/mol. The van der Waals surface area contributed by atoms with Crippen molar-refractivity contribution >= 4 is 17.2 Å². The molecule has 0 bridgehead atoms. The van der Waals surface area contributed by atoms with Crippen LogP contribution in [0.1, 0.15) is 5.56 Å². The van der Waals surface area contributed by atoms with E-state index in [4.69, 9.17) is 5.84 Å². The summed E-state index contributed by atoms with van der Waals surface area (Å²) in [5.41, 5.74) is 6.33. The van der Waals surface area contributed by atoms with E-state index in [0.29, 0.717) is 5.82 Å². The van der Waals surface area contributed by atoms with Crippen LogP contribution in [-0.4, -0.2) is 31.2 Å². The molecule has 1 aromatic heterocycles. The fourth-order valence-electron chi connectivity index (χ4n) is 2.71. The topological polar surface area (TPSA) is 57.4 Å². The molecule has 0 aliphatic carbocycles. The number of hydrazine groups is 1. The number of nitrogens with two attached hydrogens (primary N) is 1. The molecule has 1 aromatic carbocycles. The molecule has 5 heteroatoms. The predicted molar refractivity (Wildman–Crippen MR) is 87.7 cm³/mol. The summed E-state index contributed by atoms with van der Waals surface area (Å²) in [5.74, 6) is 6.03. The molecule has 1 aliphatic rings. The minimum atomic E-state index is 0.692. The van der Waals surface area contributed by atoms with Crippen LogP contribution >= 0.6 is 0 Å². The number of anilines is 3. The van der Waals surface area contributed by atoms with Gasteiger partial charge in [0.25, 0.3) is 0 Å². The number of aryl methyl sites for hydroxylation is 1. The molecule has 1 saturated heterocycles. The van der Waals surface area contributed by atoms with Crippen molar-refractivity contribution in [2.75, 3.05) is 41.4 Å². The fraction of sp³-hybridized carbons (Fsp3) is 0.312. The van der Waals surface area contributed by atoms with E-state index in [9.17, 15) is 0 Å². The molecular formula is C16H21N5. The number of pyridine rings is 1. The van der Waals surface area contributed by atoms with Crippen molar-refractivity contribution in [3.8, 4) is 0 Å². The number of nitrogens with zero attached hydrogens (tertiary/aromatic N) is 3. The lowest BCUT2D eigenvalue weighted by atomic mass is 10.2. The van der Waals surface area contributed by atoms with Crippen molar-refractivity contribution in [2.45, 2.75) is 6.92 Å². The molecule has 0 amide bonds. The molecule has 2 aromatic rings. The molecule has 1 fully saturated rings. The van der Waals surface area contributed by atoms with Crippen LogP contribution in [-0.2, 0) is 0 Å². The highest BCUT2D eigenvalue weighted by Gasteiger charge is 2.17. The molecule has 5 nitrogen and oxygen atoms in total. The third kappa shape index (κ3) is 3.08. The van der Waals surface area contributed by atoms with Gasteiger partial charge < -0.3 is 15.2 Å². The molecule has 21 heavy (non-hydrogen) atoms. The van der Waals surface area contributed by atoms with Gasteiger partial charge in [0.1, 0.15) is 5.82 Å². The van der Waals surface area contributed by atoms with Gasteiger partial charge in [-0.25, -0.2) is 10.8 Å². The Labute approximate surface area is 125 Å². The van der Waals surface area contributed by atoms with Gasteiger partial charge >= 0.3 is 0 Å². The van der Waals surface area contributed by atoms with Crippen LogP contribution < -0.4 is 21.1 Å². The molecule has 1 aliphatic heterocycles. The van der Waals surface area contributed by atoms with Gasteiger partial charge in [-0.05, 0) is 36.8 Å². The summed E-state index contributed by atoms with van der Waals surface area (Å²) >= 11 is 0. The van der Waals surface area contributed by atoms with Gasteiger partial charge in [0.15, 0.2) is 0 Å². The molecule has 0 radical (unpaired) electrons. The lowest BCUT2D eigenvalue weighted by Crippen LogP contribution is -2.46. The predicted octanol–water partition coefficient (Wildman–Crippen LogP) is 2.00. The van der Waals surface area contributed by atoms with Crippen LogP contribution in [0.4, 0.5) is 17.2 Å². The summed E-state index contributed by atoms with van der Waals surface area (Å²) in [6.45, 7) is 6.20. The minimum Gasteiger partial charge on any atom is -0.368 e. The maximum absolute atomic E-state index is 5.34. The zero-order valence-corrected chi connectivity index (χ0v) is 12.3. The Hall–Kier alpha value is -2.27. The SMILES string of the molecule is Cc1cccc(N2CCN(c3ccc(NN)nc3)CC2)c1. The summed E-state index contributed by atoms with van der Waals surface area (Å²) in [5, 5.41) is 0. The normalized spacial score (nSPS) is 15.1. The number of nitrogen functional groups attached to an aromatic ring is 1. The summed E-state index contributed by atoms with van der Waals surface area (Å²) in [7, 11) is 0. The number of benzene rings is 1. The highest BCUT2D eigenvalue weighted by molar-refractivity contribution is 5.53. The van der Waals surface area contributed by atoms with E-state index in [0.717, 1.165) is 31.9 Å². The number of rotatable bonds is 3. The van der Waals surface area contributed by atoms with Crippen molar-refractivity contribution in [1.82, 2.24) is 4.98 Å². The number of piperazine rings is 1. The molecule has 3 rings (SSSR count). The average Bonchev–Trinajstić information content (AvgIpc) is 2.55. The van der Waals surface area contributed by atoms with Crippen LogP contribution in [0.3, 0.4) is 0 Å². The molecule has 0 atom stereocenters. The Morgan fingerprint density at radius 3 is 2.29 bits per heavy atom. The number of nitrogens with one attached hydrogen (secondary N) is 1. The fourth-order valence-corrected chi connectivity index (χ4v) is 2.71. The second-order valence-electron chi connectivity index (χ2n) is 5.36. The number of hydrogen-bond acceptors (Lipinski definition) is 5. The Morgan fingerprint density at radius 1 is 1.00 bits per heavy atom. The van der Waals surface area contributed by atoms with Crippen molar-refractivity contribution in [1.29, 1.82) is 0 Å². The van der Waals surface area contributed by atoms with Crippen LogP contribution in [0.5, 0.6) is 0 Å². The first-order chi connectivity index (χ1) is 10.3. The molecule has 0 spiro atoms. The Morgan fingerprint density at radius 2 is 1.71 bits per heavy atom. The first-order valence-corrected chi connectivity index (χ1v) is 7.25. The first kappa shape index (κ1) is 13.7. The lowest BCUT2D eigenvalue weighted by Gasteiger charge is -2.37. The summed E-state index contributed by atoms with van der Waals surface area (Å²) < 4.78 is 0. The van der Waals surface area contributed by atoms with E-state index in [-0.39, 0.29) is 0 Å². The van der Waals surface area contributed by atoms with E-state index in [1.54, 1.807) is 0 Å². The van der Waals surface area contributed by atoms with E-state index in [2.05, 4.69) is 57.5 Å². The van der Waals surface area contributed by atoms with Gasteiger partial charge in [-0.3, -0.25) is 0 Å². The Balaban J connectivity index is 1.64. The zero-order valence-electron chi connectivity index (χ0n) is 12.3. The largest absolute Gasteiger partial charge is 0.368 e. The van der Waals surface area contributed by atoms with Gasteiger partial charge in [-0.15, -0.1) is 0 Å². The molecule has 0 unspecified atom stereocenters. The number of hydrogen-bond donors (Lipinski definition) is 2. The van der Waals surface area contributed by atoms with Crippen LogP contribution in [0.25, 0.3) is 0 Å². The van der Waals surface area contributed by atoms with Crippen molar-refractivity contribution in [3.63, 3.8) is 0 Å². The lowest BCUT2D eigenvalue weighted by molar-refractivity contribution is 0.652. The van der Waals surface area contributed by atoms with Crippen LogP contribution in [0.2, 0.25) is 0 Å². The maximum Gasteiger partial charge on any atom is 0.140 e. The van der Waals surface area contributed by atoms with E-state index in [1.807, 2.05) is 12.3 Å². The van der Waals surface area contributed by atoms with Gasteiger partial charge in [-0.1, -0.05) is 12.1 Å². The van der Waals surface area contributed by atoms with Gasteiger partial charge in [0, 0.05) is 31.9 Å². The standard InChI is InChI=1S/C16H21N5/c1-13-3-2-4-14(11-13)20-7-9-21(10-8-20)15-5-6-16(19-17)18-12-15/h2-6,11-12H,7-10,17H2,1H3,(H,18,19). The highest BCUT2D eigenvalue weighted by Crippen LogP contribution is 2.21. The monoisotopic (exact) mass is 283 g/mol. The summed E-state index contributed by atoms with van der Waals surface area (Å²) in [4.78, 5) is 9.07. The van der Waals surface area contributed by atoms with E-state index in [1.165, 1.54) is 11.3 Å². The molecule has 0 saturated carbocycles. The van der Waals surface area contributed by atoms with Gasteiger partial charge in [0.2, 0.25) is 0 Å². The minimum absolute atomic E-state index is 0.692. The van der Waals surface area contributed by atoms with Crippen molar-refractivity contribution in [2.24, 2.45) is 5.84 Å². The molecule has 3 N–H and O–H groups in total. The maximum atomic E-state index is 5.34. The van der Waals surface area contributed by atoms with Crippen LogP contribution in [0, 0.1) is 6.92 Å².